The summed E-state index contributed by atoms with van der Waals surface area (Å²) < 4.78 is 5.12. The molecule has 10 nitrogen and oxygen atoms in total. The molecule has 2 rings (SSSR count). The second-order valence-corrected chi connectivity index (χ2v) is 6.92. The van der Waals surface area contributed by atoms with E-state index in [0.29, 0.717) is 5.75 Å². The standard InChI is InChI=1S/C22H29N7O3/c1-3-15-6-8-16(9-7-15)18(13-23)28-21(30)17(24)14-29(25)12-11-27-22(31)20-19(32-2)5-4-10-26-20/h4-10,13-14,18,23H,3,11-12,24-25H2,1-2H3,(H,27,31)(H,28,30)/p+1/b17-14-,23-13?. The number of hydrazine groups is 1. The Morgan fingerprint density at radius 3 is 2.66 bits per heavy atom. The van der Waals surface area contributed by atoms with Crippen molar-refractivity contribution in [1.29, 1.82) is 5.41 Å². The number of rotatable bonds is 11. The van der Waals surface area contributed by atoms with E-state index in [0.717, 1.165) is 18.2 Å². The van der Waals surface area contributed by atoms with Crippen LogP contribution in [0.3, 0.4) is 0 Å². The van der Waals surface area contributed by atoms with Gasteiger partial charge in [0.15, 0.2) is 5.69 Å². The normalized spacial score (nSPS) is 11.9. The number of nitrogens with zero attached hydrogens (tertiary/aromatic N) is 2. The zero-order chi connectivity index (χ0) is 23.5. The number of ether oxygens (including phenoxy) is 1. The molecular weight excluding hydrogens is 410 g/mol. The molecule has 2 amide bonds. The summed E-state index contributed by atoms with van der Waals surface area (Å²) in [7, 11) is 1.46. The molecule has 1 aromatic heterocycles. The Morgan fingerprint density at radius 2 is 2.03 bits per heavy atom. The lowest BCUT2D eigenvalue weighted by Gasteiger charge is -2.16. The number of nitrogens with one attached hydrogen (secondary N) is 3. The lowest BCUT2D eigenvalue weighted by molar-refractivity contribution is -0.300. The minimum atomic E-state index is -0.572. The molecule has 0 aliphatic carbocycles. The number of methoxy groups -OCH3 is 1. The molecule has 1 unspecified atom stereocenters. The third-order valence-corrected chi connectivity index (χ3v) is 4.67. The molecule has 32 heavy (non-hydrogen) atoms. The minimum Gasteiger partial charge on any atom is -0.494 e. The Bertz CT molecular complexity index is 960. The quantitative estimate of drug-likeness (QED) is 0.145. The topological polar surface area (TPSA) is 161 Å². The van der Waals surface area contributed by atoms with Crippen LogP contribution in [0.1, 0.15) is 34.6 Å². The number of carbonyl (C=O) groups excluding carboxylic acids is 2. The number of quaternary nitrogens is 1. The highest BCUT2D eigenvalue weighted by Crippen LogP contribution is 2.14. The van der Waals surface area contributed by atoms with Crippen LogP contribution in [0, 0.1) is 5.41 Å². The molecule has 1 atom stereocenters. The van der Waals surface area contributed by atoms with E-state index >= 15 is 0 Å². The van der Waals surface area contributed by atoms with E-state index in [1.807, 2.05) is 24.3 Å². The number of nitrogens with two attached hydrogens (primary N) is 1. The van der Waals surface area contributed by atoms with Gasteiger partial charge in [0.2, 0.25) is 5.70 Å². The number of carbonyl (C=O) groups is 2. The molecule has 1 aromatic carbocycles. The molecule has 170 valence electrons. The van der Waals surface area contributed by atoms with Crippen LogP contribution < -0.4 is 26.9 Å². The van der Waals surface area contributed by atoms with Gasteiger partial charge in [0, 0.05) is 19.0 Å². The minimum absolute atomic E-state index is 0.127. The fraction of sp³-hybridized carbons (Fsp3) is 0.273. The van der Waals surface area contributed by atoms with Crippen molar-refractivity contribution < 1.29 is 20.1 Å². The van der Waals surface area contributed by atoms with E-state index in [1.54, 1.807) is 12.1 Å². The van der Waals surface area contributed by atoms with Crippen LogP contribution in [0.15, 0.2) is 54.5 Å². The van der Waals surface area contributed by atoms with Crippen molar-refractivity contribution in [1.82, 2.24) is 20.6 Å². The molecular formula is C22H30N7O3+. The van der Waals surface area contributed by atoms with Crippen LogP contribution in [0.5, 0.6) is 5.75 Å². The molecule has 0 spiro atoms. The number of hydrogen-bond acceptors (Lipinski definition) is 7. The lowest BCUT2D eigenvalue weighted by Crippen LogP contribution is -2.56. The van der Waals surface area contributed by atoms with Gasteiger partial charge in [-0.05, 0) is 29.7 Å². The first-order valence-corrected chi connectivity index (χ1v) is 10.1. The number of benzene rings is 1. The third kappa shape index (κ3) is 6.89. The van der Waals surface area contributed by atoms with Gasteiger partial charge in [-0.25, -0.2) is 10.8 Å². The highest BCUT2D eigenvalue weighted by atomic mass is 16.5. The van der Waals surface area contributed by atoms with Crippen LogP contribution >= 0.6 is 0 Å². The van der Waals surface area contributed by atoms with E-state index in [2.05, 4.69) is 28.3 Å². The number of aryl methyl sites for hydroxylation is 1. The van der Waals surface area contributed by atoms with Crippen molar-refractivity contribution >= 4 is 18.0 Å². The van der Waals surface area contributed by atoms with Gasteiger partial charge in [-0.1, -0.05) is 31.2 Å². The van der Waals surface area contributed by atoms with Gasteiger partial charge in [0.25, 0.3) is 5.91 Å². The van der Waals surface area contributed by atoms with Gasteiger partial charge in [0.1, 0.15) is 5.75 Å². The maximum atomic E-state index is 12.5. The summed E-state index contributed by atoms with van der Waals surface area (Å²) in [4.78, 5) is 28.7. The highest BCUT2D eigenvalue weighted by Gasteiger charge is 2.17. The largest absolute Gasteiger partial charge is 0.494 e. The molecule has 0 radical (unpaired) electrons. The summed E-state index contributed by atoms with van der Waals surface area (Å²) in [6.07, 6.45) is 4.95. The second-order valence-electron chi connectivity index (χ2n) is 6.92. The number of amides is 2. The van der Waals surface area contributed by atoms with Crippen LogP contribution in [-0.4, -0.2) is 48.2 Å². The van der Waals surface area contributed by atoms with Gasteiger partial charge in [-0.15, -0.1) is 0 Å². The first-order chi connectivity index (χ1) is 15.4. The molecule has 0 aliphatic rings. The van der Waals surface area contributed by atoms with Crippen molar-refractivity contribution in [2.24, 2.45) is 5.84 Å². The Labute approximate surface area is 187 Å². The van der Waals surface area contributed by atoms with E-state index in [-0.39, 0.29) is 24.5 Å². The van der Waals surface area contributed by atoms with Crippen LogP contribution in [0.25, 0.3) is 0 Å². The first kappa shape index (κ1) is 24.5. The van der Waals surface area contributed by atoms with Crippen molar-refractivity contribution in [3.05, 3.63) is 71.3 Å². The molecule has 0 saturated carbocycles. The average Bonchev–Trinajstić information content (AvgIpc) is 2.82. The average molecular weight is 441 g/mol. The Hall–Kier alpha value is -3.76. The molecule has 0 saturated heterocycles. The van der Waals surface area contributed by atoms with Crippen LogP contribution in [0.2, 0.25) is 0 Å². The molecule has 8 N–H and O–H groups in total. The Morgan fingerprint density at radius 1 is 1.31 bits per heavy atom. The number of pyridine rings is 1. The molecule has 0 aliphatic heterocycles. The van der Waals surface area contributed by atoms with Crippen molar-refractivity contribution in [2.45, 2.75) is 19.4 Å². The summed E-state index contributed by atoms with van der Waals surface area (Å²) in [5.41, 5.74) is 6.02. The lowest BCUT2D eigenvalue weighted by atomic mass is 10.0. The smallest absolute Gasteiger partial charge is 0.307 e. The van der Waals surface area contributed by atoms with Crippen LogP contribution in [0.4, 0.5) is 0 Å². The zero-order valence-electron chi connectivity index (χ0n) is 18.3. The maximum absolute atomic E-state index is 12.5. The Kier molecular flexibility index (Phi) is 9.33. The molecule has 2 aromatic rings. The predicted octanol–water partition coefficient (Wildman–Crippen LogP) is 0.148. The van der Waals surface area contributed by atoms with Gasteiger partial charge < -0.3 is 31.5 Å². The van der Waals surface area contributed by atoms with Crippen molar-refractivity contribution in [3.8, 4) is 5.75 Å². The van der Waals surface area contributed by atoms with Gasteiger partial charge in [0.05, 0.1) is 25.9 Å². The zero-order valence-corrected chi connectivity index (χ0v) is 18.3. The van der Waals surface area contributed by atoms with Gasteiger partial charge in [-0.2, -0.15) is 0 Å². The second kappa shape index (κ2) is 12.2. The number of hydrogen-bond donors (Lipinski definition) is 5. The van der Waals surface area contributed by atoms with E-state index in [4.69, 9.17) is 16.0 Å². The summed E-state index contributed by atoms with van der Waals surface area (Å²) >= 11 is 0. The van der Waals surface area contributed by atoms with E-state index < -0.39 is 17.9 Å². The first-order valence-electron chi connectivity index (χ1n) is 10.1. The van der Waals surface area contributed by atoms with E-state index in [1.165, 1.54) is 30.1 Å². The van der Waals surface area contributed by atoms with Crippen molar-refractivity contribution in [3.63, 3.8) is 0 Å². The fourth-order valence-corrected chi connectivity index (χ4v) is 2.85. The summed E-state index contributed by atoms with van der Waals surface area (Å²) in [5, 5.41) is 14.3. The van der Waals surface area contributed by atoms with Crippen molar-refractivity contribution in [2.75, 3.05) is 20.2 Å². The highest BCUT2D eigenvalue weighted by molar-refractivity contribution is 5.95. The van der Waals surface area contributed by atoms with Crippen LogP contribution in [-0.2, 0) is 11.2 Å². The maximum Gasteiger partial charge on any atom is 0.307 e. The SMILES string of the molecule is CCc1ccc(C(C=N)NC(=O)/C([NH3+])=C/N(N)CCNC(=O)c2ncccc2OC)cc1. The molecule has 10 heteroatoms. The summed E-state index contributed by atoms with van der Waals surface area (Å²) in [6.45, 7) is 2.51. The van der Waals surface area contributed by atoms with Gasteiger partial charge in [-0.3, -0.25) is 9.59 Å². The number of aromatic nitrogens is 1. The molecule has 0 bridgehead atoms. The Balaban J connectivity index is 1.88. The predicted molar refractivity (Wildman–Crippen MR) is 120 cm³/mol. The fourth-order valence-electron chi connectivity index (χ4n) is 2.85. The third-order valence-electron chi connectivity index (χ3n) is 4.67. The molecule has 1 heterocycles. The van der Waals surface area contributed by atoms with Gasteiger partial charge >= 0.3 is 5.91 Å². The summed E-state index contributed by atoms with van der Waals surface area (Å²) in [6, 6.07) is 10.5. The monoisotopic (exact) mass is 440 g/mol. The van der Waals surface area contributed by atoms with E-state index in [9.17, 15) is 9.59 Å². The molecule has 0 fully saturated rings. The summed E-state index contributed by atoms with van der Waals surface area (Å²) in [5.74, 6) is 5.43.